The number of nitrogens with two attached hydrogens (primary N) is 1. The molecule has 1 heterocycles. The van der Waals surface area contributed by atoms with E-state index in [0.29, 0.717) is 12.5 Å². The van der Waals surface area contributed by atoms with E-state index in [1.165, 1.54) is 24.0 Å². The third kappa shape index (κ3) is 3.76. The molecule has 0 amide bonds. The van der Waals surface area contributed by atoms with Crippen molar-refractivity contribution in [2.75, 3.05) is 5.32 Å². The molecule has 0 atom stereocenters. The second kappa shape index (κ2) is 7.57. The van der Waals surface area contributed by atoms with Crippen molar-refractivity contribution in [3.05, 3.63) is 41.5 Å². The first kappa shape index (κ1) is 16.7. The van der Waals surface area contributed by atoms with Gasteiger partial charge >= 0.3 is 0 Å². The normalized spacial score (nSPS) is 13.6. The van der Waals surface area contributed by atoms with Gasteiger partial charge in [-0.05, 0) is 49.4 Å². The van der Waals surface area contributed by atoms with E-state index in [0.717, 1.165) is 24.5 Å². The van der Waals surface area contributed by atoms with Crippen molar-refractivity contribution in [2.45, 2.75) is 39.3 Å². The number of aromatic nitrogens is 3. The van der Waals surface area contributed by atoms with Crippen molar-refractivity contribution >= 4 is 35.6 Å². The molecule has 0 saturated carbocycles. The van der Waals surface area contributed by atoms with E-state index in [-0.39, 0.29) is 24.0 Å². The van der Waals surface area contributed by atoms with Crippen LogP contribution in [0.4, 0.5) is 5.69 Å². The van der Waals surface area contributed by atoms with Gasteiger partial charge in [0.25, 0.3) is 0 Å². The number of aliphatic imine (C=N–C) groups is 1. The van der Waals surface area contributed by atoms with Gasteiger partial charge in [0.05, 0.1) is 0 Å². The third-order valence-corrected chi connectivity index (χ3v) is 3.76. The Kier molecular flexibility index (Phi) is 5.76. The van der Waals surface area contributed by atoms with Gasteiger partial charge in [-0.2, -0.15) is 5.10 Å². The zero-order chi connectivity index (χ0) is 14.7. The highest BCUT2D eigenvalue weighted by atomic mass is 127. The molecular formula is C15H21IN6. The Labute approximate surface area is 147 Å². The summed E-state index contributed by atoms with van der Waals surface area (Å²) in [7, 11) is 0. The predicted octanol–water partition coefficient (Wildman–Crippen LogP) is 2.33. The molecule has 1 aliphatic carbocycles. The number of anilines is 1. The lowest BCUT2D eigenvalue weighted by molar-refractivity contribution is 0.616. The zero-order valence-electron chi connectivity index (χ0n) is 12.6. The van der Waals surface area contributed by atoms with Gasteiger partial charge in [-0.25, -0.2) is 14.7 Å². The minimum atomic E-state index is 0. The van der Waals surface area contributed by atoms with Crippen LogP contribution in [0.1, 0.15) is 30.3 Å². The van der Waals surface area contributed by atoms with Crippen LogP contribution in [0.3, 0.4) is 0 Å². The molecule has 0 saturated heterocycles. The van der Waals surface area contributed by atoms with Crippen LogP contribution in [0.2, 0.25) is 0 Å². The fourth-order valence-electron chi connectivity index (χ4n) is 2.67. The number of hydrogen-bond acceptors (Lipinski definition) is 3. The van der Waals surface area contributed by atoms with Crippen molar-refractivity contribution in [2.24, 2.45) is 10.7 Å². The van der Waals surface area contributed by atoms with Gasteiger partial charge in [0.2, 0.25) is 0 Å². The maximum atomic E-state index is 5.94. The van der Waals surface area contributed by atoms with Gasteiger partial charge < -0.3 is 11.1 Å². The average molecular weight is 412 g/mol. The van der Waals surface area contributed by atoms with E-state index in [4.69, 9.17) is 5.73 Å². The van der Waals surface area contributed by atoms with E-state index in [1.54, 1.807) is 6.33 Å². The largest absolute Gasteiger partial charge is 0.370 e. The third-order valence-electron chi connectivity index (χ3n) is 3.76. The minimum absolute atomic E-state index is 0. The smallest absolute Gasteiger partial charge is 0.193 e. The molecular weight excluding hydrogens is 391 g/mol. The fourth-order valence-corrected chi connectivity index (χ4v) is 2.67. The van der Waals surface area contributed by atoms with Gasteiger partial charge in [0.1, 0.15) is 18.7 Å². The van der Waals surface area contributed by atoms with Crippen LogP contribution in [0, 0.1) is 0 Å². The molecule has 1 aromatic carbocycles. The molecule has 0 fully saturated rings. The van der Waals surface area contributed by atoms with Crippen LogP contribution < -0.4 is 11.1 Å². The first-order chi connectivity index (χ1) is 10.3. The molecule has 22 heavy (non-hydrogen) atoms. The molecule has 0 radical (unpaired) electrons. The van der Waals surface area contributed by atoms with Crippen LogP contribution in [0.15, 0.2) is 29.5 Å². The zero-order valence-corrected chi connectivity index (χ0v) is 14.9. The molecule has 0 unspecified atom stereocenters. The molecule has 1 aliphatic rings. The Balaban J connectivity index is 0.00000176. The second-order valence-corrected chi connectivity index (χ2v) is 5.16. The van der Waals surface area contributed by atoms with Crippen molar-refractivity contribution in [1.82, 2.24) is 14.8 Å². The van der Waals surface area contributed by atoms with Crippen LogP contribution in [-0.4, -0.2) is 20.7 Å². The molecule has 0 spiro atoms. The van der Waals surface area contributed by atoms with Crippen molar-refractivity contribution in [1.29, 1.82) is 0 Å². The molecule has 2 aromatic rings. The number of guanidine groups is 1. The molecule has 0 aliphatic heterocycles. The molecule has 3 rings (SSSR count). The quantitative estimate of drug-likeness (QED) is 0.459. The molecule has 1 aromatic heterocycles. The van der Waals surface area contributed by atoms with Gasteiger partial charge in [-0.15, -0.1) is 24.0 Å². The number of fused-ring (bicyclic) bond motifs is 1. The topological polar surface area (TPSA) is 81.1 Å². The Morgan fingerprint density at radius 1 is 1.36 bits per heavy atom. The molecule has 118 valence electrons. The van der Waals surface area contributed by atoms with E-state index in [2.05, 4.69) is 38.6 Å². The van der Waals surface area contributed by atoms with Crippen molar-refractivity contribution < 1.29 is 0 Å². The number of aryl methyl sites for hydroxylation is 3. The van der Waals surface area contributed by atoms with E-state index in [9.17, 15) is 0 Å². The van der Waals surface area contributed by atoms with Gasteiger partial charge in [0, 0.05) is 12.2 Å². The Hall–Kier alpha value is -1.64. The average Bonchev–Trinajstić information content (AvgIpc) is 3.13. The van der Waals surface area contributed by atoms with Crippen LogP contribution >= 0.6 is 24.0 Å². The summed E-state index contributed by atoms with van der Waals surface area (Å²) in [5.74, 6) is 1.22. The van der Waals surface area contributed by atoms with E-state index in [1.807, 2.05) is 11.6 Å². The maximum absolute atomic E-state index is 5.94. The maximum Gasteiger partial charge on any atom is 0.193 e. The highest BCUT2D eigenvalue weighted by Crippen LogP contribution is 2.24. The SMILES string of the molecule is CCn1ncnc1CN=C(N)Nc1ccc2c(c1)CCC2.I. The lowest BCUT2D eigenvalue weighted by Crippen LogP contribution is -2.23. The standard InChI is InChI=1S/C15H20N6.HI/c1-2-21-14(18-10-19-21)9-17-15(16)20-13-7-6-11-4-3-5-12(11)8-13;/h6-8,10H,2-5,9H2,1H3,(H3,16,17,20);1H. The Morgan fingerprint density at radius 3 is 3.00 bits per heavy atom. The van der Waals surface area contributed by atoms with Crippen LogP contribution in [0.25, 0.3) is 0 Å². The minimum Gasteiger partial charge on any atom is -0.370 e. The summed E-state index contributed by atoms with van der Waals surface area (Å²) < 4.78 is 1.81. The number of halogens is 1. The monoisotopic (exact) mass is 412 g/mol. The molecule has 6 nitrogen and oxygen atoms in total. The Morgan fingerprint density at radius 2 is 2.18 bits per heavy atom. The summed E-state index contributed by atoms with van der Waals surface area (Å²) in [5, 5.41) is 7.25. The van der Waals surface area contributed by atoms with Gasteiger partial charge in [-0.1, -0.05) is 6.07 Å². The molecule has 3 N–H and O–H groups in total. The molecule has 0 bridgehead atoms. The summed E-state index contributed by atoms with van der Waals surface area (Å²) in [5.41, 5.74) is 9.80. The van der Waals surface area contributed by atoms with Crippen LogP contribution in [-0.2, 0) is 25.9 Å². The lowest BCUT2D eigenvalue weighted by atomic mass is 10.1. The van der Waals surface area contributed by atoms with Crippen molar-refractivity contribution in [3.8, 4) is 0 Å². The summed E-state index contributed by atoms with van der Waals surface area (Å²) >= 11 is 0. The fraction of sp³-hybridized carbons (Fsp3) is 0.400. The number of nitrogens with zero attached hydrogens (tertiary/aromatic N) is 4. The Bertz CT molecular complexity index is 664. The van der Waals surface area contributed by atoms with Crippen molar-refractivity contribution in [3.63, 3.8) is 0 Å². The summed E-state index contributed by atoms with van der Waals surface area (Å²) in [6, 6.07) is 6.39. The van der Waals surface area contributed by atoms with E-state index < -0.39 is 0 Å². The first-order valence-corrected chi connectivity index (χ1v) is 7.31. The van der Waals surface area contributed by atoms with Gasteiger partial charge in [-0.3, -0.25) is 0 Å². The summed E-state index contributed by atoms with van der Waals surface area (Å²) in [6.07, 6.45) is 5.13. The highest BCUT2D eigenvalue weighted by Gasteiger charge is 2.10. The lowest BCUT2D eigenvalue weighted by Gasteiger charge is -2.08. The number of nitrogens with one attached hydrogen (secondary N) is 1. The predicted molar refractivity (Wildman–Crippen MR) is 98.5 cm³/mol. The summed E-state index contributed by atoms with van der Waals surface area (Å²) in [4.78, 5) is 8.50. The molecule has 7 heteroatoms. The van der Waals surface area contributed by atoms with E-state index >= 15 is 0 Å². The van der Waals surface area contributed by atoms with Gasteiger partial charge in [0.15, 0.2) is 5.96 Å². The van der Waals surface area contributed by atoms with Crippen LogP contribution in [0.5, 0.6) is 0 Å². The second-order valence-electron chi connectivity index (χ2n) is 5.16. The highest BCUT2D eigenvalue weighted by molar-refractivity contribution is 14.0. The number of rotatable bonds is 4. The first-order valence-electron chi connectivity index (χ1n) is 7.31. The number of benzene rings is 1. The number of hydrogen-bond donors (Lipinski definition) is 2. The summed E-state index contributed by atoms with van der Waals surface area (Å²) in [6.45, 7) is 3.23.